The number of rotatable bonds is 6. The van der Waals surface area contributed by atoms with Crippen molar-refractivity contribution >= 4 is 24.3 Å². The Morgan fingerprint density at radius 2 is 1.58 bits per heavy atom. The van der Waals surface area contributed by atoms with Crippen molar-refractivity contribution < 1.29 is 23.1 Å². The molecule has 4 rings (SSSR count). The van der Waals surface area contributed by atoms with Gasteiger partial charge in [0.05, 0.1) is 13.0 Å². The average molecular weight is 439 g/mol. The molecule has 1 aliphatic heterocycles. The molecular formula is C24H26NO5P. The second kappa shape index (κ2) is 8.56. The van der Waals surface area contributed by atoms with E-state index < -0.39 is 24.8 Å². The number of methoxy groups -OCH3 is 1. The molecule has 162 valence electrons. The predicted octanol–water partition coefficient (Wildman–Crippen LogP) is 5.00. The van der Waals surface area contributed by atoms with Gasteiger partial charge in [-0.3, -0.25) is 14.7 Å². The summed E-state index contributed by atoms with van der Waals surface area (Å²) in [5.41, 5.74) is 1.64. The molecule has 1 fully saturated rings. The Kier molecular flexibility index (Phi) is 6.00. The first-order valence-electron chi connectivity index (χ1n) is 10.1. The van der Waals surface area contributed by atoms with Gasteiger partial charge in [-0.05, 0) is 34.4 Å². The van der Waals surface area contributed by atoms with Gasteiger partial charge in [0.2, 0.25) is 0 Å². The number of hydrogen-bond acceptors (Lipinski definition) is 6. The van der Waals surface area contributed by atoms with E-state index in [2.05, 4.69) is 11.4 Å². The van der Waals surface area contributed by atoms with E-state index in [1.54, 1.807) is 0 Å². The van der Waals surface area contributed by atoms with Gasteiger partial charge in [0.15, 0.2) is 0 Å². The number of fused-ring (bicyclic) bond motifs is 1. The first-order chi connectivity index (χ1) is 15.0. The number of carbonyl (C=O) groups excluding carboxylic acids is 1. The van der Waals surface area contributed by atoms with E-state index in [4.69, 9.17) is 13.8 Å². The van der Waals surface area contributed by atoms with E-state index in [0.717, 1.165) is 21.9 Å². The van der Waals surface area contributed by atoms with Crippen LogP contribution in [0.15, 0.2) is 72.8 Å². The van der Waals surface area contributed by atoms with Gasteiger partial charge in [-0.2, -0.15) is 0 Å². The summed E-state index contributed by atoms with van der Waals surface area (Å²) in [6, 6.07) is 23.0. The fourth-order valence-electron chi connectivity index (χ4n) is 4.59. The highest BCUT2D eigenvalue weighted by molar-refractivity contribution is 7.55. The van der Waals surface area contributed by atoms with Crippen molar-refractivity contribution in [1.29, 1.82) is 0 Å². The largest absolute Gasteiger partial charge is 0.469 e. The molecule has 3 atom stereocenters. The maximum Gasteiger partial charge on any atom is 0.354 e. The lowest BCUT2D eigenvalue weighted by Crippen LogP contribution is -2.38. The van der Waals surface area contributed by atoms with E-state index in [0.29, 0.717) is 0 Å². The second-order valence-electron chi connectivity index (χ2n) is 7.65. The molecule has 3 aromatic carbocycles. The third-order valence-corrected chi connectivity index (χ3v) is 8.61. The lowest BCUT2D eigenvalue weighted by molar-refractivity contribution is -0.145. The molecule has 6 nitrogen and oxygen atoms in total. The first-order valence-corrected chi connectivity index (χ1v) is 11.6. The number of ether oxygens (including phenoxy) is 1. The van der Waals surface area contributed by atoms with Gasteiger partial charge in [0.1, 0.15) is 5.28 Å². The molecule has 31 heavy (non-hydrogen) atoms. The third-order valence-electron chi connectivity index (χ3n) is 6.15. The molecule has 0 saturated carbocycles. The zero-order chi connectivity index (χ0) is 22.1. The van der Waals surface area contributed by atoms with Crippen LogP contribution in [0.2, 0.25) is 0 Å². The van der Waals surface area contributed by atoms with Gasteiger partial charge in [0.25, 0.3) is 0 Å². The average Bonchev–Trinajstić information content (AvgIpc) is 3.26. The van der Waals surface area contributed by atoms with E-state index in [1.165, 1.54) is 21.3 Å². The molecule has 0 spiro atoms. The molecular weight excluding hydrogens is 413 g/mol. The third kappa shape index (κ3) is 3.60. The summed E-state index contributed by atoms with van der Waals surface area (Å²) in [5.74, 6) is -0.952. The van der Waals surface area contributed by atoms with Gasteiger partial charge in [-0.25, -0.2) is 0 Å². The monoisotopic (exact) mass is 439 g/mol. The fraction of sp³-hybridized carbons (Fsp3) is 0.292. The molecule has 7 heteroatoms. The van der Waals surface area contributed by atoms with E-state index in [9.17, 15) is 9.36 Å². The summed E-state index contributed by atoms with van der Waals surface area (Å²) in [6.45, 7) is 0. The topological polar surface area (TPSA) is 73.9 Å². The van der Waals surface area contributed by atoms with Gasteiger partial charge in [-0.15, -0.1) is 0 Å². The Morgan fingerprint density at radius 1 is 0.935 bits per heavy atom. The van der Waals surface area contributed by atoms with E-state index in [-0.39, 0.29) is 12.4 Å². The Bertz CT molecular complexity index is 1130. The van der Waals surface area contributed by atoms with Crippen LogP contribution < -0.4 is 5.32 Å². The number of esters is 1. The highest BCUT2D eigenvalue weighted by Gasteiger charge is 2.60. The lowest BCUT2D eigenvalue weighted by atomic mass is 9.91. The van der Waals surface area contributed by atoms with Crippen molar-refractivity contribution in [2.24, 2.45) is 5.92 Å². The zero-order valence-corrected chi connectivity index (χ0v) is 18.7. The summed E-state index contributed by atoms with van der Waals surface area (Å²) < 4.78 is 29.9. The Morgan fingerprint density at radius 3 is 2.23 bits per heavy atom. The van der Waals surface area contributed by atoms with Crippen molar-refractivity contribution in [2.45, 2.75) is 17.7 Å². The van der Waals surface area contributed by atoms with Crippen molar-refractivity contribution in [3.8, 4) is 0 Å². The van der Waals surface area contributed by atoms with Crippen LogP contribution in [-0.4, -0.2) is 27.3 Å². The SMILES string of the molecule is COC(=O)[C@@H]1C[C@](c2ccccc2)(P(=O)(OC)OC)N[C@@H]1c1ccc2ccccc2c1. The fourth-order valence-corrected chi connectivity index (χ4v) is 6.55. The predicted molar refractivity (Wildman–Crippen MR) is 120 cm³/mol. The first kappa shape index (κ1) is 21.7. The van der Waals surface area contributed by atoms with Crippen LogP contribution in [0.4, 0.5) is 0 Å². The highest BCUT2D eigenvalue weighted by atomic mass is 31.2. The van der Waals surface area contributed by atoms with Gasteiger partial charge >= 0.3 is 13.6 Å². The number of carbonyl (C=O) groups is 1. The molecule has 3 aromatic rings. The minimum atomic E-state index is -3.69. The molecule has 0 radical (unpaired) electrons. The van der Waals surface area contributed by atoms with Gasteiger partial charge in [0, 0.05) is 20.3 Å². The highest BCUT2D eigenvalue weighted by Crippen LogP contribution is 2.68. The molecule has 1 heterocycles. The Hall–Kier alpha value is -2.50. The minimum absolute atomic E-state index is 0.208. The van der Waals surface area contributed by atoms with Crippen LogP contribution in [0, 0.1) is 5.92 Å². The minimum Gasteiger partial charge on any atom is -0.469 e. The normalized spacial score (nSPS) is 23.7. The Balaban J connectivity index is 1.88. The van der Waals surface area contributed by atoms with Crippen molar-refractivity contribution in [2.75, 3.05) is 21.3 Å². The van der Waals surface area contributed by atoms with Gasteiger partial charge < -0.3 is 13.8 Å². The van der Waals surface area contributed by atoms with Crippen LogP contribution in [0.5, 0.6) is 0 Å². The van der Waals surface area contributed by atoms with Crippen molar-refractivity contribution in [3.05, 3.63) is 83.9 Å². The zero-order valence-electron chi connectivity index (χ0n) is 17.8. The standard InChI is InChI=1S/C24H26NO5P/c1-28-23(26)21-16-24(31(27,29-2)30-3,20-11-5-4-6-12-20)25-22(21)19-14-13-17-9-7-8-10-18(17)15-19/h4-15,21-22,25H,16H2,1-3H3/t21-,22-,24-/m1/s1. The molecule has 0 unspecified atom stereocenters. The van der Waals surface area contributed by atoms with E-state index >= 15 is 0 Å². The smallest absolute Gasteiger partial charge is 0.354 e. The van der Waals surface area contributed by atoms with Crippen molar-refractivity contribution in [3.63, 3.8) is 0 Å². The Labute approximate surface area is 182 Å². The summed E-state index contributed by atoms with van der Waals surface area (Å²) in [5, 5.41) is 4.46. The van der Waals surface area contributed by atoms with Crippen LogP contribution in [0.25, 0.3) is 10.8 Å². The summed E-state index contributed by atoms with van der Waals surface area (Å²) in [7, 11) is 0.412. The molecule has 1 saturated heterocycles. The van der Waals surface area contributed by atoms with Crippen LogP contribution in [0.1, 0.15) is 23.6 Å². The summed E-state index contributed by atoms with van der Waals surface area (Å²) in [4.78, 5) is 12.9. The maximum absolute atomic E-state index is 13.9. The van der Waals surface area contributed by atoms with Crippen LogP contribution in [0.3, 0.4) is 0 Å². The number of hydrogen-bond donors (Lipinski definition) is 1. The molecule has 0 aliphatic carbocycles. The number of benzene rings is 3. The molecule has 0 amide bonds. The quantitative estimate of drug-likeness (QED) is 0.430. The molecule has 0 aromatic heterocycles. The van der Waals surface area contributed by atoms with Crippen LogP contribution >= 0.6 is 7.60 Å². The molecule has 0 bridgehead atoms. The number of nitrogens with one attached hydrogen (secondary N) is 1. The van der Waals surface area contributed by atoms with Gasteiger partial charge in [-0.1, -0.05) is 66.7 Å². The van der Waals surface area contributed by atoms with Crippen LogP contribution in [-0.2, 0) is 28.4 Å². The second-order valence-corrected chi connectivity index (χ2v) is 10.1. The summed E-state index contributed by atoms with van der Waals surface area (Å²) in [6.07, 6.45) is 0.208. The van der Waals surface area contributed by atoms with E-state index in [1.807, 2.05) is 66.7 Å². The molecule has 1 aliphatic rings. The van der Waals surface area contributed by atoms with Crippen molar-refractivity contribution in [1.82, 2.24) is 5.32 Å². The summed E-state index contributed by atoms with van der Waals surface area (Å²) >= 11 is 0. The lowest BCUT2D eigenvalue weighted by Gasteiger charge is -2.36. The maximum atomic E-state index is 13.9. The molecule has 1 N–H and O–H groups in total.